The van der Waals surface area contributed by atoms with E-state index in [4.69, 9.17) is 5.11 Å². The molecule has 15 heavy (non-hydrogen) atoms. The van der Waals surface area contributed by atoms with Crippen molar-refractivity contribution in [1.29, 1.82) is 0 Å². The number of hydrogen-bond acceptors (Lipinski definition) is 3. The fourth-order valence-corrected chi connectivity index (χ4v) is 2.91. The van der Waals surface area contributed by atoms with Gasteiger partial charge >= 0.3 is 0 Å². The number of hydrogen-bond donors (Lipinski definition) is 2. The van der Waals surface area contributed by atoms with Crippen molar-refractivity contribution < 1.29 is 9.90 Å². The quantitative estimate of drug-likeness (QED) is 0.651. The number of carbonyl (C=O) groups excluding carboxylic acids is 1. The first-order chi connectivity index (χ1) is 7.34. The van der Waals surface area contributed by atoms with E-state index in [2.05, 4.69) is 5.32 Å². The molecule has 1 aliphatic rings. The van der Waals surface area contributed by atoms with E-state index in [0.29, 0.717) is 0 Å². The summed E-state index contributed by atoms with van der Waals surface area (Å²) in [4.78, 5) is 11.6. The van der Waals surface area contributed by atoms with Gasteiger partial charge in [0.25, 0.3) is 0 Å². The molecule has 1 fully saturated rings. The summed E-state index contributed by atoms with van der Waals surface area (Å²) in [6, 6.07) is 0. The molecule has 0 bridgehead atoms. The fraction of sp³-hybridized carbons (Fsp3) is 0.909. The van der Waals surface area contributed by atoms with Crippen LogP contribution in [0.5, 0.6) is 0 Å². The molecule has 1 saturated heterocycles. The Bertz CT molecular complexity index is 181. The highest BCUT2D eigenvalue weighted by molar-refractivity contribution is 7.99. The van der Waals surface area contributed by atoms with Gasteiger partial charge in [-0.3, -0.25) is 4.79 Å². The van der Waals surface area contributed by atoms with Crippen LogP contribution < -0.4 is 5.32 Å². The van der Waals surface area contributed by atoms with Gasteiger partial charge in [-0.2, -0.15) is 11.8 Å². The standard InChI is InChI=1S/C11H21NO2S/c13-7-4-2-1-3-6-12-11(14)10-5-8-15-9-10/h10,13H,1-9H2,(H,12,14). The molecule has 1 heterocycles. The van der Waals surface area contributed by atoms with Crippen molar-refractivity contribution in [1.82, 2.24) is 5.32 Å². The first kappa shape index (κ1) is 12.8. The Labute approximate surface area is 96.0 Å². The van der Waals surface area contributed by atoms with E-state index in [9.17, 15) is 4.79 Å². The Morgan fingerprint density at radius 3 is 2.80 bits per heavy atom. The zero-order chi connectivity index (χ0) is 10.9. The van der Waals surface area contributed by atoms with Crippen molar-refractivity contribution >= 4 is 17.7 Å². The minimum Gasteiger partial charge on any atom is -0.396 e. The maximum atomic E-state index is 11.6. The monoisotopic (exact) mass is 231 g/mol. The van der Waals surface area contributed by atoms with E-state index in [0.717, 1.165) is 50.2 Å². The summed E-state index contributed by atoms with van der Waals surface area (Å²) in [5, 5.41) is 11.6. The summed E-state index contributed by atoms with van der Waals surface area (Å²) in [7, 11) is 0. The van der Waals surface area contributed by atoms with Crippen molar-refractivity contribution in [3.8, 4) is 0 Å². The van der Waals surface area contributed by atoms with Crippen LogP contribution in [0.25, 0.3) is 0 Å². The number of aliphatic hydroxyl groups excluding tert-OH is 1. The van der Waals surface area contributed by atoms with Gasteiger partial charge in [-0.05, 0) is 25.0 Å². The molecule has 1 rings (SSSR count). The third kappa shape index (κ3) is 5.42. The molecule has 88 valence electrons. The summed E-state index contributed by atoms with van der Waals surface area (Å²) in [5.41, 5.74) is 0. The lowest BCUT2D eigenvalue weighted by Crippen LogP contribution is -2.31. The van der Waals surface area contributed by atoms with E-state index in [1.165, 1.54) is 0 Å². The highest BCUT2D eigenvalue weighted by Crippen LogP contribution is 2.23. The molecule has 1 unspecified atom stereocenters. The lowest BCUT2D eigenvalue weighted by Gasteiger charge is -2.09. The molecule has 0 aromatic heterocycles. The van der Waals surface area contributed by atoms with Gasteiger partial charge < -0.3 is 10.4 Å². The van der Waals surface area contributed by atoms with E-state index >= 15 is 0 Å². The zero-order valence-corrected chi connectivity index (χ0v) is 10.0. The van der Waals surface area contributed by atoms with Gasteiger partial charge in [-0.15, -0.1) is 0 Å². The average molecular weight is 231 g/mol. The van der Waals surface area contributed by atoms with E-state index in [1.807, 2.05) is 11.8 Å². The van der Waals surface area contributed by atoms with Crippen LogP contribution in [0.15, 0.2) is 0 Å². The van der Waals surface area contributed by atoms with Gasteiger partial charge in [0, 0.05) is 24.8 Å². The van der Waals surface area contributed by atoms with Gasteiger partial charge in [0.15, 0.2) is 0 Å². The third-order valence-electron chi connectivity index (χ3n) is 2.68. The topological polar surface area (TPSA) is 49.3 Å². The minimum absolute atomic E-state index is 0.238. The van der Waals surface area contributed by atoms with Crippen molar-refractivity contribution in [3.63, 3.8) is 0 Å². The molecule has 1 aliphatic heterocycles. The molecule has 1 amide bonds. The van der Waals surface area contributed by atoms with Crippen LogP contribution in [0.2, 0.25) is 0 Å². The molecule has 0 spiro atoms. The highest BCUT2D eigenvalue weighted by atomic mass is 32.2. The number of amides is 1. The van der Waals surface area contributed by atoms with Crippen molar-refractivity contribution in [2.45, 2.75) is 32.1 Å². The van der Waals surface area contributed by atoms with E-state index in [1.54, 1.807) is 0 Å². The molecular weight excluding hydrogens is 210 g/mol. The number of nitrogens with one attached hydrogen (secondary N) is 1. The summed E-state index contributed by atoms with van der Waals surface area (Å²) in [6.45, 7) is 1.08. The summed E-state index contributed by atoms with van der Waals surface area (Å²) >= 11 is 1.87. The molecule has 0 saturated carbocycles. The first-order valence-corrected chi connectivity index (χ1v) is 6.96. The fourth-order valence-electron chi connectivity index (χ4n) is 1.69. The predicted molar refractivity (Wildman–Crippen MR) is 64.0 cm³/mol. The Hall–Kier alpha value is -0.220. The summed E-state index contributed by atoms with van der Waals surface area (Å²) < 4.78 is 0. The molecule has 1 atom stereocenters. The zero-order valence-electron chi connectivity index (χ0n) is 9.21. The number of aliphatic hydroxyl groups is 1. The predicted octanol–water partition coefficient (Wildman–Crippen LogP) is 1.41. The van der Waals surface area contributed by atoms with E-state index in [-0.39, 0.29) is 18.4 Å². The third-order valence-corrected chi connectivity index (χ3v) is 3.85. The highest BCUT2D eigenvalue weighted by Gasteiger charge is 2.22. The van der Waals surface area contributed by atoms with Crippen LogP contribution >= 0.6 is 11.8 Å². The van der Waals surface area contributed by atoms with Gasteiger partial charge in [0.2, 0.25) is 5.91 Å². The summed E-state index contributed by atoms with van der Waals surface area (Å²) in [5.74, 6) is 2.62. The molecule has 4 heteroatoms. The van der Waals surface area contributed by atoms with Crippen LogP contribution in [0, 0.1) is 5.92 Å². The van der Waals surface area contributed by atoms with Gasteiger partial charge in [0.1, 0.15) is 0 Å². The van der Waals surface area contributed by atoms with Crippen LogP contribution in [0.4, 0.5) is 0 Å². The molecule has 0 aliphatic carbocycles. The van der Waals surface area contributed by atoms with Crippen molar-refractivity contribution in [2.75, 3.05) is 24.7 Å². The van der Waals surface area contributed by atoms with Crippen LogP contribution in [0.3, 0.4) is 0 Å². The number of unbranched alkanes of at least 4 members (excludes halogenated alkanes) is 3. The Morgan fingerprint density at radius 2 is 2.13 bits per heavy atom. The molecule has 3 nitrogen and oxygen atoms in total. The van der Waals surface area contributed by atoms with Crippen molar-refractivity contribution in [3.05, 3.63) is 0 Å². The Morgan fingerprint density at radius 1 is 1.33 bits per heavy atom. The number of thioether (sulfide) groups is 1. The van der Waals surface area contributed by atoms with Gasteiger partial charge in [-0.25, -0.2) is 0 Å². The maximum absolute atomic E-state index is 11.6. The lowest BCUT2D eigenvalue weighted by atomic mass is 10.1. The second kappa shape index (κ2) is 7.99. The second-order valence-electron chi connectivity index (χ2n) is 3.99. The van der Waals surface area contributed by atoms with Crippen LogP contribution in [0.1, 0.15) is 32.1 Å². The van der Waals surface area contributed by atoms with Gasteiger partial charge in [0.05, 0.1) is 0 Å². The van der Waals surface area contributed by atoms with Crippen LogP contribution in [-0.4, -0.2) is 35.7 Å². The molecule has 0 aromatic rings. The van der Waals surface area contributed by atoms with Gasteiger partial charge in [-0.1, -0.05) is 12.8 Å². The lowest BCUT2D eigenvalue weighted by molar-refractivity contribution is -0.124. The van der Waals surface area contributed by atoms with E-state index < -0.39 is 0 Å². The molecule has 0 radical (unpaired) electrons. The molecular formula is C11H21NO2S. The SMILES string of the molecule is O=C(NCCCCCCO)C1CCSC1. The Balaban J connectivity index is 1.92. The number of carbonyl (C=O) groups is 1. The Kier molecular flexibility index (Phi) is 6.85. The minimum atomic E-state index is 0.238. The normalized spacial score (nSPS) is 20.5. The maximum Gasteiger partial charge on any atom is 0.223 e. The molecule has 2 N–H and O–H groups in total. The smallest absolute Gasteiger partial charge is 0.223 e. The largest absolute Gasteiger partial charge is 0.396 e. The first-order valence-electron chi connectivity index (χ1n) is 5.81. The van der Waals surface area contributed by atoms with Crippen LogP contribution in [-0.2, 0) is 4.79 Å². The summed E-state index contributed by atoms with van der Waals surface area (Å²) in [6.07, 6.45) is 5.12. The molecule has 0 aromatic carbocycles. The average Bonchev–Trinajstić information content (AvgIpc) is 2.76. The van der Waals surface area contributed by atoms with Crippen molar-refractivity contribution in [2.24, 2.45) is 5.92 Å². The second-order valence-corrected chi connectivity index (χ2v) is 5.14. The number of rotatable bonds is 7.